The van der Waals surface area contributed by atoms with Crippen LogP contribution >= 0.6 is 23.1 Å². The molecule has 1 saturated heterocycles. The normalized spacial score (nSPS) is 17.2. The molecule has 3 heterocycles. The summed E-state index contributed by atoms with van der Waals surface area (Å²) in [6, 6.07) is 15.6. The van der Waals surface area contributed by atoms with Crippen LogP contribution in [-0.2, 0) is 16.1 Å². The summed E-state index contributed by atoms with van der Waals surface area (Å²) < 4.78 is 7.89. The number of thiophene rings is 1. The first kappa shape index (κ1) is 24.7. The minimum atomic E-state index is -0.493. The second-order valence-corrected chi connectivity index (χ2v) is 11.5. The van der Waals surface area contributed by atoms with Crippen molar-refractivity contribution in [3.05, 3.63) is 82.2 Å². The van der Waals surface area contributed by atoms with Crippen LogP contribution in [-0.4, -0.2) is 50.2 Å². The van der Waals surface area contributed by atoms with E-state index in [0.29, 0.717) is 39.6 Å². The Balaban J connectivity index is 1.20. The van der Waals surface area contributed by atoms with Gasteiger partial charge in [0, 0.05) is 34.5 Å². The van der Waals surface area contributed by atoms with Gasteiger partial charge in [0.05, 0.1) is 22.8 Å². The van der Waals surface area contributed by atoms with Crippen LogP contribution < -0.4 is 5.32 Å². The molecule has 1 aliphatic heterocycles. The molecule has 4 aromatic rings. The Bertz CT molecular complexity index is 1540. The highest BCUT2D eigenvalue weighted by molar-refractivity contribution is 8.00. The van der Waals surface area contributed by atoms with E-state index in [1.54, 1.807) is 60.7 Å². The van der Waals surface area contributed by atoms with E-state index in [9.17, 15) is 14.4 Å². The number of carbonyl (C=O) groups is 3. The third-order valence-corrected chi connectivity index (χ3v) is 8.66. The number of ketones is 2. The fraction of sp³-hybridized carbons (Fsp3) is 0.250. The highest BCUT2D eigenvalue weighted by Crippen LogP contribution is 2.32. The Morgan fingerprint density at radius 3 is 2.55 bits per heavy atom. The van der Waals surface area contributed by atoms with Gasteiger partial charge in [-0.15, -0.1) is 21.5 Å². The number of rotatable bonds is 7. The standard InChI is InChI=1S/C28H24N4O4S2/c1-16(38-28-31-30-26(23-9-5-13-37-23)32(28)15-18-6-4-12-36-18)27(35)29-17-10-11-21-22(14-17)25(34)20-8-3-2-7-19(20)24(21)33/h2-3,5,7-11,13-14,16,18H,4,6,12,15H2,1H3,(H,29,35)/t16-,18-/m0/s1. The minimum absolute atomic E-state index is 0.0917. The van der Waals surface area contributed by atoms with Crippen LogP contribution in [0, 0.1) is 0 Å². The predicted octanol–water partition coefficient (Wildman–Crippen LogP) is 5.08. The van der Waals surface area contributed by atoms with Gasteiger partial charge in [-0.1, -0.05) is 42.1 Å². The lowest BCUT2D eigenvalue weighted by molar-refractivity contribution is -0.115. The molecule has 38 heavy (non-hydrogen) atoms. The van der Waals surface area contributed by atoms with Gasteiger partial charge in [0.15, 0.2) is 22.5 Å². The van der Waals surface area contributed by atoms with E-state index in [-0.39, 0.29) is 23.6 Å². The molecule has 2 aromatic carbocycles. The van der Waals surface area contributed by atoms with Crippen LogP contribution in [0.15, 0.2) is 65.1 Å². The molecule has 0 spiro atoms. The Morgan fingerprint density at radius 2 is 1.84 bits per heavy atom. The molecule has 192 valence electrons. The molecule has 2 aromatic heterocycles. The van der Waals surface area contributed by atoms with E-state index >= 15 is 0 Å². The van der Waals surface area contributed by atoms with Crippen LogP contribution in [0.25, 0.3) is 10.7 Å². The van der Waals surface area contributed by atoms with Crippen molar-refractivity contribution in [1.29, 1.82) is 0 Å². The van der Waals surface area contributed by atoms with Gasteiger partial charge in [0.2, 0.25) is 5.91 Å². The maximum absolute atomic E-state index is 13.2. The van der Waals surface area contributed by atoms with Gasteiger partial charge >= 0.3 is 0 Å². The number of hydrogen-bond acceptors (Lipinski definition) is 8. The van der Waals surface area contributed by atoms with Crippen LogP contribution in [0.1, 0.15) is 51.6 Å². The number of aromatic nitrogens is 3. The zero-order chi connectivity index (χ0) is 26.2. The summed E-state index contributed by atoms with van der Waals surface area (Å²) in [5.41, 5.74) is 1.88. The zero-order valence-electron chi connectivity index (χ0n) is 20.5. The largest absolute Gasteiger partial charge is 0.376 e. The summed E-state index contributed by atoms with van der Waals surface area (Å²) in [6.07, 6.45) is 2.10. The molecule has 0 radical (unpaired) electrons. The first-order valence-corrected chi connectivity index (χ1v) is 14.1. The number of ether oxygens (including phenoxy) is 1. The van der Waals surface area contributed by atoms with Crippen molar-refractivity contribution in [2.75, 3.05) is 11.9 Å². The molecule has 1 N–H and O–H groups in total. The monoisotopic (exact) mass is 544 g/mol. The highest BCUT2D eigenvalue weighted by Gasteiger charge is 2.30. The third-order valence-electron chi connectivity index (χ3n) is 6.71. The Hall–Kier alpha value is -3.60. The number of amides is 1. The van der Waals surface area contributed by atoms with Crippen molar-refractivity contribution in [1.82, 2.24) is 14.8 Å². The zero-order valence-corrected chi connectivity index (χ0v) is 22.2. The fourth-order valence-electron chi connectivity index (χ4n) is 4.75. The molecule has 1 aliphatic carbocycles. The SMILES string of the molecule is C[C@H](Sc1nnc(-c2cccs2)n1C[C@@H]1CCCO1)C(=O)Nc1ccc2c(c1)C(=O)c1ccccc1C2=O. The first-order valence-electron chi connectivity index (χ1n) is 12.4. The van der Waals surface area contributed by atoms with Crippen molar-refractivity contribution >= 4 is 46.3 Å². The van der Waals surface area contributed by atoms with Gasteiger partial charge in [-0.05, 0) is 49.4 Å². The smallest absolute Gasteiger partial charge is 0.237 e. The predicted molar refractivity (Wildman–Crippen MR) is 146 cm³/mol. The van der Waals surface area contributed by atoms with Gasteiger partial charge in [0.1, 0.15) is 0 Å². The lowest BCUT2D eigenvalue weighted by Gasteiger charge is -2.19. The summed E-state index contributed by atoms with van der Waals surface area (Å²) in [5.74, 6) is 0.110. The molecule has 1 amide bonds. The lowest BCUT2D eigenvalue weighted by Crippen LogP contribution is -2.25. The average Bonchev–Trinajstić information content (AvgIpc) is 3.71. The second kappa shape index (κ2) is 10.3. The molecule has 8 nitrogen and oxygen atoms in total. The number of benzene rings is 2. The van der Waals surface area contributed by atoms with Gasteiger partial charge in [-0.2, -0.15) is 0 Å². The summed E-state index contributed by atoms with van der Waals surface area (Å²) in [5, 5.41) is 13.9. The van der Waals surface area contributed by atoms with Gasteiger partial charge < -0.3 is 10.1 Å². The van der Waals surface area contributed by atoms with Gasteiger partial charge in [-0.25, -0.2) is 0 Å². The number of fused-ring (bicyclic) bond motifs is 2. The maximum atomic E-state index is 13.2. The van der Waals surface area contributed by atoms with E-state index in [4.69, 9.17) is 4.74 Å². The molecule has 6 rings (SSSR count). The van der Waals surface area contributed by atoms with E-state index < -0.39 is 5.25 Å². The fourth-order valence-corrected chi connectivity index (χ4v) is 6.33. The summed E-state index contributed by atoms with van der Waals surface area (Å²) in [4.78, 5) is 40.1. The molecule has 2 aliphatic rings. The molecule has 0 unspecified atom stereocenters. The van der Waals surface area contributed by atoms with Crippen LogP contribution in [0.5, 0.6) is 0 Å². The molecule has 10 heteroatoms. The molecule has 0 saturated carbocycles. The number of anilines is 1. The first-order chi connectivity index (χ1) is 18.5. The summed E-state index contributed by atoms with van der Waals surface area (Å²) in [7, 11) is 0. The van der Waals surface area contributed by atoms with E-state index in [1.165, 1.54) is 11.8 Å². The van der Waals surface area contributed by atoms with Crippen LogP contribution in [0.3, 0.4) is 0 Å². The number of hydrogen-bond donors (Lipinski definition) is 1. The van der Waals surface area contributed by atoms with E-state index in [0.717, 1.165) is 30.2 Å². The molecular weight excluding hydrogens is 520 g/mol. The topological polar surface area (TPSA) is 103 Å². The second-order valence-electron chi connectivity index (χ2n) is 9.24. The Labute approximate surface area is 227 Å². The van der Waals surface area contributed by atoms with Crippen molar-refractivity contribution in [3.63, 3.8) is 0 Å². The van der Waals surface area contributed by atoms with Gasteiger partial charge in [0.25, 0.3) is 0 Å². The number of thioether (sulfide) groups is 1. The minimum Gasteiger partial charge on any atom is -0.376 e. The number of nitrogens with one attached hydrogen (secondary N) is 1. The Morgan fingerprint density at radius 1 is 1.08 bits per heavy atom. The van der Waals surface area contributed by atoms with Crippen molar-refractivity contribution in [2.45, 2.75) is 42.8 Å². The number of carbonyl (C=O) groups excluding carboxylic acids is 3. The average molecular weight is 545 g/mol. The number of nitrogens with zero attached hydrogens (tertiary/aromatic N) is 3. The van der Waals surface area contributed by atoms with Crippen molar-refractivity contribution in [2.24, 2.45) is 0 Å². The maximum Gasteiger partial charge on any atom is 0.237 e. The third kappa shape index (κ3) is 4.59. The molecule has 0 bridgehead atoms. The highest BCUT2D eigenvalue weighted by atomic mass is 32.2. The van der Waals surface area contributed by atoms with Crippen molar-refractivity contribution < 1.29 is 19.1 Å². The van der Waals surface area contributed by atoms with Crippen molar-refractivity contribution in [3.8, 4) is 10.7 Å². The lowest BCUT2D eigenvalue weighted by atomic mass is 9.84. The quantitative estimate of drug-likeness (QED) is 0.285. The van der Waals surface area contributed by atoms with Gasteiger partial charge in [-0.3, -0.25) is 19.0 Å². The van der Waals surface area contributed by atoms with Crippen LogP contribution in [0.2, 0.25) is 0 Å². The van der Waals surface area contributed by atoms with Crippen LogP contribution in [0.4, 0.5) is 5.69 Å². The Kier molecular flexibility index (Phi) is 6.69. The molecular formula is C28H24N4O4S2. The summed E-state index contributed by atoms with van der Waals surface area (Å²) >= 11 is 2.92. The van der Waals surface area contributed by atoms with E-state index in [2.05, 4.69) is 15.5 Å². The van der Waals surface area contributed by atoms with E-state index in [1.807, 2.05) is 22.1 Å². The molecule has 2 atom stereocenters. The molecule has 1 fully saturated rings. The summed E-state index contributed by atoms with van der Waals surface area (Å²) in [6.45, 7) is 3.18.